The van der Waals surface area contributed by atoms with E-state index in [1.165, 1.54) is 0 Å². The third-order valence-corrected chi connectivity index (χ3v) is 5.65. The highest BCUT2D eigenvalue weighted by Crippen LogP contribution is 2.25. The van der Waals surface area contributed by atoms with Crippen LogP contribution in [-0.2, 0) is 9.59 Å². The molecule has 1 saturated heterocycles. The van der Waals surface area contributed by atoms with Crippen LogP contribution in [-0.4, -0.2) is 52.0 Å². The highest BCUT2D eigenvalue weighted by atomic mass is 16.4. The zero-order chi connectivity index (χ0) is 20.1. The Morgan fingerprint density at radius 3 is 2.50 bits per heavy atom. The molecule has 0 bridgehead atoms. The second kappa shape index (κ2) is 9.03. The first-order valence-electron chi connectivity index (χ1n) is 9.94. The van der Waals surface area contributed by atoms with Crippen LogP contribution < -0.4 is 10.6 Å². The van der Waals surface area contributed by atoms with Crippen LogP contribution in [0.5, 0.6) is 0 Å². The van der Waals surface area contributed by atoms with Gasteiger partial charge in [0, 0.05) is 25.3 Å². The molecule has 0 spiro atoms. The number of hydrogen-bond donors (Lipinski definition) is 3. The summed E-state index contributed by atoms with van der Waals surface area (Å²) in [5, 5.41) is 14.9. The van der Waals surface area contributed by atoms with Gasteiger partial charge in [0.05, 0.1) is 11.8 Å². The standard InChI is InChI=1S/C20H28N4O4/c1-13-4-9-17(21-11-13)23-18(25)15-3-2-10-24(12-15)20(28)22-16-7-5-14(6-8-16)19(26)27/h4,9,11,14-16H,2-3,5-8,10,12H2,1H3,(H,22,28)(H,26,27)(H,21,23,25). The van der Waals surface area contributed by atoms with E-state index in [0.717, 1.165) is 18.4 Å². The van der Waals surface area contributed by atoms with Crippen molar-refractivity contribution in [2.45, 2.75) is 51.5 Å². The number of nitrogens with zero attached hydrogens (tertiary/aromatic N) is 2. The van der Waals surface area contributed by atoms with Crippen molar-refractivity contribution in [3.8, 4) is 0 Å². The third-order valence-electron chi connectivity index (χ3n) is 5.65. The van der Waals surface area contributed by atoms with Crippen LogP contribution in [0.1, 0.15) is 44.1 Å². The number of rotatable bonds is 4. The summed E-state index contributed by atoms with van der Waals surface area (Å²) in [6.45, 7) is 2.95. The zero-order valence-electron chi connectivity index (χ0n) is 16.2. The van der Waals surface area contributed by atoms with E-state index in [0.29, 0.717) is 44.6 Å². The van der Waals surface area contributed by atoms with E-state index in [-0.39, 0.29) is 29.8 Å². The molecule has 3 N–H and O–H groups in total. The Morgan fingerprint density at radius 1 is 1.11 bits per heavy atom. The lowest BCUT2D eigenvalue weighted by molar-refractivity contribution is -0.142. The molecule has 1 aromatic heterocycles. The molecule has 1 aromatic rings. The Morgan fingerprint density at radius 2 is 1.86 bits per heavy atom. The number of aliphatic carboxylic acids is 1. The molecule has 0 aromatic carbocycles. The second-order valence-corrected chi connectivity index (χ2v) is 7.83. The van der Waals surface area contributed by atoms with Gasteiger partial charge in [-0.1, -0.05) is 6.07 Å². The number of aromatic nitrogens is 1. The molecule has 152 valence electrons. The van der Waals surface area contributed by atoms with E-state index in [4.69, 9.17) is 5.11 Å². The van der Waals surface area contributed by atoms with Gasteiger partial charge < -0.3 is 20.6 Å². The lowest BCUT2D eigenvalue weighted by Gasteiger charge is -2.34. The van der Waals surface area contributed by atoms with Gasteiger partial charge in [-0.25, -0.2) is 9.78 Å². The van der Waals surface area contributed by atoms with Gasteiger partial charge in [0.25, 0.3) is 0 Å². The second-order valence-electron chi connectivity index (χ2n) is 7.83. The molecule has 1 aliphatic heterocycles. The summed E-state index contributed by atoms with van der Waals surface area (Å²) in [6, 6.07) is 3.51. The van der Waals surface area contributed by atoms with Crippen LogP contribution >= 0.6 is 0 Å². The Balaban J connectivity index is 1.48. The van der Waals surface area contributed by atoms with Crippen molar-refractivity contribution in [3.05, 3.63) is 23.9 Å². The molecule has 0 radical (unpaired) electrons. The molecule has 8 nitrogen and oxygen atoms in total. The predicted octanol–water partition coefficient (Wildman–Crippen LogP) is 2.39. The van der Waals surface area contributed by atoms with Gasteiger partial charge in [-0.2, -0.15) is 0 Å². The average molecular weight is 388 g/mol. The normalized spacial score (nSPS) is 25.0. The molecule has 1 aliphatic carbocycles. The molecular weight excluding hydrogens is 360 g/mol. The number of carbonyl (C=O) groups excluding carboxylic acids is 2. The summed E-state index contributed by atoms with van der Waals surface area (Å²) >= 11 is 0. The number of pyridine rings is 1. The number of carboxylic acid groups (broad SMARTS) is 1. The molecule has 2 aliphatic rings. The topological polar surface area (TPSA) is 112 Å². The Bertz CT molecular complexity index is 713. The number of anilines is 1. The van der Waals surface area contributed by atoms with Crippen LogP contribution in [0.2, 0.25) is 0 Å². The molecule has 3 amide bonds. The number of aryl methyl sites for hydroxylation is 1. The summed E-state index contributed by atoms with van der Waals surface area (Å²) in [6.07, 6.45) is 5.77. The molecule has 3 rings (SSSR count). The Labute approximate surface area is 164 Å². The summed E-state index contributed by atoms with van der Waals surface area (Å²) in [7, 11) is 0. The molecule has 1 saturated carbocycles. The molecule has 8 heteroatoms. The molecule has 2 fully saturated rings. The summed E-state index contributed by atoms with van der Waals surface area (Å²) in [5.41, 5.74) is 1.02. The van der Waals surface area contributed by atoms with Crippen molar-refractivity contribution in [1.29, 1.82) is 0 Å². The highest BCUT2D eigenvalue weighted by molar-refractivity contribution is 5.92. The number of likely N-dealkylation sites (tertiary alicyclic amines) is 1. The van der Waals surface area contributed by atoms with Gasteiger partial charge >= 0.3 is 12.0 Å². The first kappa shape index (κ1) is 20.1. The first-order chi connectivity index (χ1) is 13.4. The lowest BCUT2D eigenvalue weighted by Crippen LogP contribution is -2.51. The van der Waals surface area contributed by atoms with Gasteiger partial charge in [-0.3, -0.25) is 9.59 Å². The molecule has 1 atom stereocenters. The predicted molar refractivity (Wildman–Crippen MR) is 104 cm³/mol. The van der Waals surface area contributed by atoms with Crippen LogP contribution in [0.15, 0.2) is 18.3 Å². The zero-order valence-corrected chi connectivity index (χ0v) is 16.2. The van der Waals surface area contributed by atoms with Gasteiger partial charge in [-0.15, -0.1) is 0 Å². The fourth-order valence-corrected chi connectivity index (χ4v) is 3.90. The van der Waals surface area contributed by atoms with Crippen molar-refractivity contribution in [1.82, 2.24) is 15.2 Å². The number of urea groups is 1. The smallest absolute Gasteiger partial charge is 0.317 e. The van der Waals surface area contributed by atoms with Crippen molar-refractivity contribution < 1.29 is 19.5 Å². The van der Waals surface area contributed by atoms with Gasteiger partial charge in [0.2, 0.25) is 5.91 Å². The number of hydrogen-bond acceptors (Lipinski definition) is 4. The van der Waals surface area contributed by atoms with Gasteiger partial charge in [0.1, 0.15) is 5.82 Å². The van der Waals surface area contributed by atoms with E-state index in [1.54, 1.807) is 17.2 Å². The number of piperidine rings is 1. The largest absolute Gasteiger partial charge is 0.481 e. The Kier molecular flexibility index (Phi) is 6.49. The van der Waals surface area contributed by atoms with Crippen LogP contribution in [0.25, 0.3) is 0 Å². The number of nitrogens with one attached hydrogen (secondary N) is 2. The maximum Gasteiger partial charge on any atom is 0.317 e. The molecule has 2 heterocycles. The van der Waals surface area contributed by atoms with Crippen molar-refractivity contribution in [2.24, 2.45) is 11.8 Å². The summed E-state index contributed by atoms with van der Waals surface area (Å²) < 4.78 is 0. The van der Waals surface area contributed by atoms with Crippen LogP contribution in [0, 0.1) is 18.8 Å². The van der Waals surface area contributed by atoms with E-state index in [9.17, 15) is 14.4 Å². The summed E-state index contributed by atoms with van der Waals surface area (Å²) in [4.78, 5) is 42.1. The lowest BCUT2D eigenvalue weighted by atomic mass is 9.86. The number of carbonyl (C=O) groups is 3. The van der Waals surface area contributed by atoms with Crippen LogP contribution in [0.4, 0.5) is 10.6 Å². The molecule has 1 unspecified atom stereocenters. The highest BCUT2D eigenvalue weighted by Gasteiger charge is 2.31. The molecular formula is C20H28N4O4. The fourth-order valence-electron chi connectivity index (χ4n) is 3.90. The minimum absolute atomic E-state index is 0.00839. The SMILES string of the molecule is Cc1ccc(NC(=O)C2CCCN(C(=O)NC3CCC(C(=O)O)CC3)C2)nc1. The minimum Gasteiger partial charge on any atom is -0.481 e. The monoisotopic (exact) mass is 388 g/mol. The quantitative estimate of drug-likeness (QED) is 0.733. The maximum absolute atomic E-state index is 12.6. The van der Waals surface area contributed by atoms with Crippen molar-refractivity contribution >= 4 is 23.7 Å². The number of carboxylic acids is 1. The van der Waals surface area contributed by atoms with E-state index in [1.807, 2.05) is 13.0 Å². The maximum atomic E-state index is 12.6. The van der Waals surface area contributed by atoms with Crippen LogP contribution in [0.3, 0.4) is 0 Å². The van der Waals surface area contributed by atoms with E-state index >= 15 is 0 Å². The number of amides is 3. The van der Waals surface area contributed by atoms with E-state index < -0.39 is 5.97 Å². The first-order valence-corrected chi connectivity index (χ1v) is 9.94. The molecule has 28 heavy (non-hydrogen) atoms. The Hall–Kier alpha value is -2.64. The van der Waals surface area contributed by atoms with Gasteiger partial charge in [-0.05, 0) is 57.1 Å². The minimum atomic E-state index is -0.752. The van der Waals surface area contributed by atoms with Gasteiger partial charge in [0.15, 0.2) is 0 Å². The average Bonchev–Trinajstić information content (AvgIpc) is 2.70. The van der Waals surface area contributed by atoms with Crippen molar-refractivity contribution in [3.63, 3.8) is 0 Å². The third kappa shape index (κ3) is 5.21. The van der Waals surface area contributed by atoms with Crippen molar-refractivity contribution in [2.75, 3.05) is 18.4 Å². The fraction of sp³-hybridized carbons (Fsp3) is 0.600. The summed E-state index contributed by atoms with van der Waals surface area (Å²) in [5.74, 6) is -0.905. The van der Waals surface area contributed by atoms with E-state index in [2.05, 4.69) is 15.6 Å².